The van der Waals surface area contributed by atoms with Gasteiger partial charge in [-0.15, -0.1) is 0 Å². The Bertz CT molecular complexity index is 558. The topological polar surface area (TPSA) is 44.8 Å². The normalized spacial score (nSPS) is 23.4. The highest BCUT2D eigenvalue weighted by molar-refractivity contribution is 6.04. The highest BCUT2D eigenvalue weighted by atomic mass is 16.5. The van der Waals surface area contributed by atoms with Crippen LogP contribution in [0.3, 0.4) is 0 Å². The van der Waals surface area contributed by atoms with Crippen molar-refractivity contribution in [1.82, 2.24) is 0 Å². The van der Waals surface area contributed by atoms with Crippen LogP contribution >= 0.6 is 0 Å². The largest absolute Gasteiger partial charge is 0.496 e. The Morgan fingerprint density at radius 3 is 2.48 bits per heavy atom. The van der Waals surface area contributed by atoms with Crippen molar-refractivity contribution in [3.8, 4) is 17.2 Å². The summed E-state index contributed by atoms with van der Waals surface area (Å²) in [6.45, 7) is 1.99. The van der Waals surface area contributed by atoms with Crippen LogP contribution in [-0.4, -0.2) is 25.6 Å². The van der Waals surface area contributed by atoms with Gasteiger partial charge in [-0.05, 0) is 25.7 Å². The van der Waals surface area contributed by atoms with Crippen LogP contribution in [0.4, 0.5) is 0 Å². The van der Waals surface area contributed by atoms with E-state index in [9.17, 15) is 4.79 Å². The van der Waals surface area contributed by atoms with Crippen molar-refractivity contribution in [2.45, 2.75) is 44.6 Å². The summed E-state index contributed by atoms with van der Waals surface area (Å²) in [4.78, 5) is 12.9. The second-order valence-electron chi connectivity index (χ2n) is 6.02. The summed E-state index contributed by atoms with van der Waals surface area (Å²) in [7, 11) is 3.17. The number of ether oxygens (including phenoxy) is 3. The molecule has 1 unspecified atom stereocenters. The van der Waals surface area contributed by atoms with E-state index in [4.69, 9.17) is 14.2 Å². The molecule has 1 aromatic rings. The van der Waals surface area contributed by atoms with E-state index in [1.54, 1.807) is 26.4 Å². The summed E-state index contributed by atoms with van der Waals surface area (Å²) >= 11 is 0. The molecule has 0 N–H and O–H groups in total. The van der Waals surface area contributed by atoms with Crippen LogP contribution in [0.15, 0.2) is 12.1 Å². The highest BCUT2D eigenvalue weighted by Gasteiger charge is 2.48. The highest BCUT2D eigenvalue weighted by Crippen LogP contribution is 2.48. The zero-order chi connectivity index (χ0) is 15.0. The first-order chi connectivity index (χ1) is 10.1. The van der Waals surface area contributed by atoms with Gasteiger partial charge in [-0.2, -0.15) is 0 Å². The second-order valence-corrected chi connectivity index (χ2v) is 6.02. The summed E-state index contributed by atoms with van der Waals surface area (Å²) in [6.07, 6.45) is 5.35. The number of methoxy groups -OCH3 is 2. The summed E-state index contributed by atoms with van der Waals surface area (Å²) in [5.74, 6) is 1.78. The van der Waals surface area contributed by atoms with Gasteiger partial charge in [0.1, 0.15) is 28.4 Å². The van der Waals surface area contributed by atoms with E-state index in [-0.39, 0.29) is 17.3 Å². The van der Waals surface area contributed by atoms with Crippen LogP contribution in [0.25, 0.3) is 0 Å². The summed E-state index contributed by atoms with van der Waals surface area (Å²) in [5.41, 5.74) is 0.210. The molecule has 4 nitrogen and oxygen atoms in total. The summed E-state index contributed by atoms with van der Waals surface area (Å²) < 4.78 is 17.0. The van der Waals surface area contributed by atoms with Crippen molar-refractivity contribution in [1.29, 1.82) is 0 Å². The maximum Gasteiger partial charge on any atom is 0.177 e. The lowest BCUT2D eigenvalue weighted by molar-refractivity contribution is -0.0207. The number of fused-ring (bicyclic) bond motifs is 1. The Morgan fingerprint density at radius 1 is 1.14 bits per heavy atom. The average Bonchev–Trinajstić information content (AvgIpc) is 2.52. The number of benzene rings is 1. The number of hydrogen-bond acceptors (Lipinski definition) is 4. The van der Waals surface area contributed by atoms with Crippen molar-refractivity contribution >= 4 is 5.78 Å². The monoisotopic (exact) mass is 290 g/mol. The standard InChI is InChI=1S/C17H22O4/c1-11-16(18)15-13(20-3)9-12(19-2)10-14(15)21-17(11)7-5-4-6-8-17/h9-11H,4-8H2,1-3H3. The average molecular weight is 290 g/mol. The Labute approximate surface area is 125 Å². The lowest BCUT2D eigenvalue weighted by Crippen LogP contribution is -2.50. The van der Waals surface area contributed by atoms with Crippen molar-refractivity contribution in [2.24, 2.45) is 5.92 Å². The molecule has 114 valence electrons. The molecular formula is C17H22O4. The molecule has 1 aromatic carbocycles. The van der Waals surface area contributed by atoms with E-state index < -0.39 is 0 Å². The fourth-order valence-corrected chi connectivity index (χ4v) is 3.62. The van der Waals surface area contributed by atoms with Gasteiger partial charge in [-0.1, -0.05) is 13.3 Å². The molecule has 0 radical (unpaired) electrons. The molecule has 1 fully saturated rings. The van der Waals surface area contributed by atoms with Gasteiger partial charge >= 0.3 is 0 Å². The Balaban J connectivity index is 2.10. The first-order valence-corrected chi connectivity index (χ1v) is 7.60. The van der Waals surface area contributed by atoms with Gasteiger partial charge in [-0.3, -0.25) is 4.79 Å². The molecule has 1 aliphatic heterocycles. The fourth-order valence-electron chi connectivity index (χ4n) is 3.62. The second kappa shape index (κ2) is 5.24. The molecule has 1 atom stereocenters. The molecule has 2 aliphatic rings. The van der Waals surface area contributed by atoms with Gasteiger partial charge in [0, 0.05) is 12.1 Å². The zero-order valence-electron chi connectivity index (χ0n) is 12.9. The van der Waals surface area contributed by atoms with Crippen LogP contribution in [0, 0.1) is 5.92 Å². The van der Waals surface area contributed by atoms with Crippen LogP contribution in [0.5, 0.6) is 17.2 Å². The number of rotatable bonds is 2. The van der Waals surface area contributed by atoms with E-state index >= 15 is 0 Å². The number of carbonyl (C=O) groups is 1. The lowest BCUT2D eigenvalue weighted by atomic mass is 9.71. The van der Waals surface area contributed by atoms with Crippen LogP contribution in [-0.2, 0) is 0 Å². The van der Waals surface area contributed by atoms with Crippen LogP contribution in [0.1, 0.15) is 49.4 Å². The van der Waals surface area contributed by atoms with Crippen molar-refractivity contribution in [3.63, 3.8) is 0 Å². The molecule has 0 aromatic heterocycles. The number of hydrogen-bond donors (Lipinski definition) is 0. The maximum absolute atomic E-state index is 12.9. The molecule has 4 heteroatoms. The predicted octanol–water partition coefficient (Wildman–Crippen LogP) is 3.62. The molecular weight excluding hydrogens is 268 g/mol. The van der Waals surface area contributed by atoms with Crippen LogP contribution in [0.2, 0.25) is 0 Å². The van der Waals surface area contributed by atoms with Crippen molar-refractivity contribution in [2.75, 3.05) is 14.2 Å². The van der Waals surface area contributed by atoms with Gasteiger partial charge in [0.25, 0.3) is 0 Å². The molecule has 1 heterocycles. The molecule has 1 spiro atoms. The van der Waals surface area contributed by atoms with E-state index in [1.807, 2.05) is 6.92 Å². The smallest absolute Gasteiger partial charge is 0.177 e. The first kappa shape index (κ1) is 14.2. The Morgan fingerprint density at radius 2 is 1.86 bits per heavy atom. The lowest BCUT2D eigenvalue weighted by Gasteiger charge is -2.45. The SMILES string of the molecule is COc1cc(OC)c2c(c1)OC1(CCCCC1)C(C)C2=O. The summed E-state index contributed by atoms with van der Waals surface area (Å²) in [6, 6.07) is 3.55. The maximum atomic E-state index is 12.9. The van der Waals surface area contributed by atoms with Crippen molar-refractivity contribution in [3.05, 3.63) is 17.7 Å². The molecule has 1 aliphatic carbocycles. The molecule has 1 saturated carbocycles. The number of Topliss-reactive ketones (excluding diaryl/α,β-unsaturated/α-hetero) is 1. The quantitative estimate of drug-likeness (QED) is 0.834. The first-order valence-electron chi connectivity index (χ1n) is 7.60. The third-order valence-electron chi connectivity index (χ3n) is 4.94. The molecule has 0 amide bonds. The van der Waals surface area contributed by atoms with Crippen LogP contribution < -0.4 is 14.2 Å². The van der Waals surface area contributed by atoms with E-state index in [2.05, 4.69) is 0 Å². The van der Waals surface area contributed by atoms with E-state index in [0.29, 0.717) is 22.8 Å². The predicted molar refractivity (Wildman–Crippen MR) is 79.5 cm³/mol. The number of ketones is 1. The molecule has 0 bridgehead atoms. The molecule has 3 rings (SSSR count). The fraction of sp³-hybridized carbons (Fsp3) is 0.588. The van der Waals surface area contributed by atoms with Crippen molar-refractivity contribution < 1.29 is 19.0 Å². The van der Waals surface area contributed by atoms with E-state index in [0.717, 1.165) is 25.7 Å². The van der Waals surface area contributed by atoms with Gasteiger partial charge in [0.05, 0.1) is 20.1 Å². The van der Waals surface area contributed by atoms with Gasteiger partial charge in [0.15, 0.2) is 5.78 Å². The molecule has 0 saturated heterocycles. The van der Waals surface area contributed by atoms with Gasteiger partial charge in [0.2, 0.25) is 0 Å². The Hall–Kier alpha value is -1.71. The molecule has 21 heavy (non-hydrogen) atoms. The van der Waals surface area contributed by atoms with Gasteiger partial charge in [-0.25, -0.2) is 0 Å². The Kier molecular flexibility index (Phi) is 3.56. The minimum atomic E-state index is -0.348. The summed E-state index contributed by atoms with van der Waals surface area (Å²) in [5, 5.41) is 0. The minimum Gasteiger partial charge on any atom is -0.496 e. The van der Waals surface area contributed by atoms with E-state index in [1.165, 1.54) is 6.42 Å². The minimum absolute atomic E-state index is 0.123. The third kappa shape index (κ3) is 2.17. The third-order valence-corrected chi connectivity index (χ3v) is 4.94. The zero-order valence-corrected chi connectivity index (χ0v) is 12.9. The number of carbonyl (C=O) groups excluding carboxylic acids is 1. The van der Waals surface area contributed by atoms with Gasteiger partial charge < -0.3 is 14.2 Å².